The van der Waals surface area contributed by atoms with Gasteiger partial charge in [-0.3, -0.25) is 9.78 Å². The van der Waals surface area contributed by atoms with Gasteiger partial charge in [0.1, 0.15) is 5.69 Å². The van der Waals surface area contributed by atoms with Crippen molar-refractivity contribution >= 4 is 5.78 Å². The second kappa shape index (κ2) is 3.26. The highest BCUT2D eigenvalue weighted by molar-refractivity contribution is 5.96. The van der Waals surface area contributed by atoms with Crippen LogP contribution in [0.3, 0.4) is 0 Å². The van der Waals surface area contributed by atoms with E-state index in [4.69, 9.17) is 5.11 Å². The van der Waals surface area contributed by atoms with Crippen LogP contribution in [0.15, 0.2) is 24.4 Å². The van der Waals surface area contributed by atoms with Gasteiger partial charge in [-0.2, -0.15) is 0 Å². The number of aromatic nitrogens is 1. The number of aliphatic hydroxyl groups excluding tert-OH is 1. The Morgan fingerprint density at radius 1 is 1.46 bits per heavy atom. The summed E-state index contributed by atoms with van der Waals surface area (Å²) < 4.78 is 0. The number of aliphatic hydroxyl groups is 1. The first-order valence-corrected chi connectivity index (χ1v) is 4.40. The molecule has 0 saturated heterocycles. The molecule has 1 aromatic rings. The van der Waals surface area contributed by atoms with Gasteiger partial charge in [0.2, 0.25) is 0 Å². The fraction of sp³-hybridized carbons (Fsp3) is 0.400. The van der Waals surface area contributed by atoms with Crippen LogP contribution in [0, 0.1) is 5.92 Å². The first-order chi connectivity index (χ1) is 6.27. The zero-order valence-electron chi connectivity index (χ0n) is 7.18. The molecule has 0 aromatic carbocycles. The standard InChI is InChI=1S/C10H11NO2/c12-8-5-7(6-8)10(13)9-3-1-2-4-11-9/h1-4,7-8,12H,5-6H2. The molecule has 0 spiro atoms. The van der Waals surface area contributed by atoms with Crippen molar-refractivity contribution in [2.45, 2.75) is 18.9 Å². The quantitative estimate of drug-likeness (QED) is 0.686. The normalized spacial score (nSPS) is 26.5. The Kier molecular flexibility index (Phi) is 2.10. The van der Waals surface area contributed by atoms with Gasteiger partial charge in [0.15, 0.2) is 5.78 Å². The fourth-order valence-corrected chi connectivity index (χ4v) is 1.52. The first kappa shape index (κ1) is 8.38. The molecule has 0 atom stereocenters. The fourth-order valence-electron chi connectivity index (χ4n) is 1.52. The first-order valence-electron chi connectivity index (χ1n) is 4.40. The van der Waals surface area contributed by atoms with Crippen LogP contribution in [0.4, 0.5) is 0 Å². The Morgan fingerprint density at radius 2 is 2.23 bits per heavy atom. The van der Waals surface area contributed by atoms with E-state index in [-0.39, 0.29) is 17.8 Å². The molecular weight excluding hydrogens is 166 g/mol. The molecule has 1 aliphatic carbocycles. The third-order valence-corrected chi connectivity index (χ3v) is 2.40. The molecule has 1 aromatic heterocycles. The van der Waals surface area contributed by atoms with Gasteiger partial charge in [-0.1, -0.05) is 6.07 Å². The average Bonchev–Trinajstić information content (AvgIpc) is 2.13. The minimum absolute atomic E-state index is 0.00935. The summed E-state index contributed by atoms with van der Waals surface area (Å²) in [6.07, 6.45) is 2.52. The maximum atomic E-state index is 11.6. The lowest BCUT2D eigenvalue weighted by atomic mass is 9.78. The van der Waals surface area contributed by atoms with Crippen LogP contribution in [0.25, 0.3) is 0 Å². The van der Waals surface area contributed by atoms with E-state index in [1.165, 1.54) is 0 Å². The molecule has 3 nitrogen and oxygen atoms in total. The summed E-state index contributed by atoms with van der Waals surface area (Å²) in [5, 5.41) is 9.04. The van der Waals surface area contributed by atoms with Crippen molar-refractivity contribution in [1.82, 2.24) is 4.98 Å². The highest BCUT2D eigenvalue weighted by atomic mass is 16.3. The molecule has 1 aliphatic rings. The van der Waals surface area contributed by atoms with Crippen LogP contribution in [-0.4, -0.2) is 22.0 Å². The van der Waals surface area contributed by atoms with E-state index in [1.807, 2.05) is 0 Å². The molecule has 0 aliphatic heterocycles. The molecule has 1 saturated carbocycles. The molecule has 0 unspecified atom stereocenters. The van der Waals surface area contributed by atoms with E-state index in [2.05, 4.69) is 4.98 Å². The molecule has 1 heterocycles. The summed E-state index contributed by atoms with van der Waals surface area (Å²) in [5.74, 6) is 0.0517. The maximum Gasteiger partial charge on any atom is 0.184 e. The molecule has 0 amide bonds. The van der Waals surface area contributed by atoms with E-state index in [0.717, 1.165) is 0 Å². The zero-order chi connectivity index (χ0) is 9.26. The van der Waals surface area contributed by atoms with Crippen LogP contribution in [0.1, 0.15) is 23.3 Å². The van der Waals surface area contributed by atoms with Gasteiger partial charge in [-0.25, -0.2) is 0 Å². The van der Waals surface area contributed by atoms with Crippen LogP contribution in [0.5, 0.6) is 0 Å². The Bertz CT molecular complexity index is 304. The number of hydrogen-bond donors (Lipinski definition) is 1. The minimum Gasteiger partial charge on any atom is -0.393 e. The van der Waals surface area contributed by atoms with Gasteiger partial charge in [-0.15, -0.1) is 0 Å². The van der Waals surface area contributed by atoms with Crippen molar-refractivity contribution in [3.05, 3.63) is 30.1 Å². The lowest BCUT2D eigenvalue weighted by Gasteiger charge is -2.29. The molecule has 1 fully saturated rings. The highest BCUT2D eigenvalue weighted by Gasteiger charge is 2.33. The molecule has 0 bridgehead atoms. The van der Waals surface area contributed by atoms with Crippen molar-refractivity contribution in [1.29, 1.82) is 0 Å². The maximum absolute atomic E-state index is 11.6. The molecule has 3 heteroatoms. The number of Topliss-reactive ketones (excluding diaryl/α,β-unsaturated/α-hetero) is 1. The monoisotopic (exact) mass is 177 g/mol. The number of rotatable bonds is 2. The predicted octanol–water partition coefficient (Wildman–Crippen LogP) is 1.04. The smallest absolute Gasteiger partial charge is 0.184 e. The van der Waals surface area contributed by atoms with Crippen molar-refractivity contribution < 1.29 is 9.90 Å². The SMILES string of the molecule is O=C(c1ccccn1)C1CC(O)C1. The Balaban J connectivity index is 2.06. The minimum atomic E-state index is -0.280. The molecule has 68 valence electrons. The summed E-state index contributed by atoms with van der Waals surface area (Å²) in [6, 6.07) is 5.30. The number of nitrogens with zero attached hydrogens (tertiary/aromatic N) is 1. The topological polar surface area (TPSA) is 50.2 Å². The summed E-state index contributed by atoms with van der Waals surface area (Å²) in [4.78, 5) is 15.6. The zero-order valence-corrected chi connectivity index (χ0v) is 7.18. The van der Waals surface area contributed by atoms with Gasteiger partial charge in [-0.05, 0) is 25.0 Å². The molecule has 1 N–H and O–H groups in total. The van der Waals surface area contributed by atoms with Crippen LogP contribution >= 0.6 is 0 Å². The van der Waals surface area contributed by atoms with Crippen molar-refractivity contribution in [3.8, 4) is 0 Å². The van der Waals surface area contributed by atoms with Gasteiger partial charge in [0, 0.05) is 12.1 Å². The highest BCUT2D eigenvalue weighted by Crippen LogP contribution is 2.29. The molecular formula is C10H11NO2. The predicted molar refractivity (Wildman–Crippen MR) is 47.3 cm³/mol. The van der Waals surface area contributed by atoms with Crippen LogP contribution in [-0.2, 0) is 0 Å². The largest absolute Gasteiger partial charge is 0.393 e. The number of carbonyl (C=O) groups is 1. The van der Waals surface area contributed by atoms with Gasteiger partial charge in [0.05, 0.1) is 6.10 Å². The third-order valence-electron chi connectivity index (χ3n) is 2.40. The van der Waals surface area contributed by atoms with Crippen molar-refractivity contribution in [2.75, 3.05) is 0 Å². The summed E-state index contributed by atoms with van der Waals surface area (Å²) in [5.41, 5.74) is 0.513. The summed E-state index contributed by atoms with van der Waals surface area (Å²) in [7, 11) is 0. The van der Waals surface area contributed by atoms with E-state index in [0.29, 0.717) is 18.5 Å². The Morgan fingerprint density at radius 3 is 2.77 bits per heavy atom. The second-order valence-electron chi connectivity index (χ2n) is 3.40. The van der Waals surface area contributed by atoms with Gasteiger partial charge >= 0.3 is 0 Å². The number of hydrogen-bond acceptors (Lipinski definition) is 3. The van der Waals surface area contributed by atoms with E-state index in [9.17, 15) is 4.79 Å². The van der Waals surface area contributed by atoms with E-state index < -0.39 is 0 Å². The van der Waals surface area contributed by atoms with E-state index >= 15 is 0 Å². The lowest BCUT2D eigenvalue weighted by Crippen LogP contribution is -2.34. The average molecular weight is 177 g/mol. The lowest BCUT2D eigenvalue weighted by molar-refractivity contribution is 0.0364. The second-order valence-corrected chi connectivity index (χ2v) is 3.40. The van der Waals surface area contributed by atoms with Gasteiger partial charge < -0.3 is 5.11 Å². The summed E-state index contributed by atoms with van der Waals surface area (Å²) in [6.45, 7) is 0. The van der Waals surface area contributed by atoms with Crippen LogP contribution < -0.4 is 0 Å². The van der Waals surface area contributed by atoms with Crippen LogP contribution in [0.2, 0.25) is 0 Å². The van der Waals surface area contributed by atoms with Crippen molar-refractivity contribution in [2.24, 2.45) is 5.92 Å². The molecule has 0 radical (unpaired) electrons. The Labute approximate surface area is 76.4 Å². The molecule has 13 heavy (non-hydrogen) atoms. The molecule has 2 rings (SSSR count). The van der Waals surface area contributed by atoms with Crippen molar-refractivity contribution in [3.63, 3.8) is 0 Å². The number of ketones is 1. The van der Waals surface area contributed by atoms with Gasteiger partial charge in [0.25, 0.3) is 0 Å². The number of pyridine rings is 1. The Hall–Kier alpha value is -1.22. The number of carbonyl (C=O) groups excluding carboxylic acids is 1. The summed E-state index contributed by atoms with van der Waals surface area (Å²) >= 11 is 0. The third kappa shape index (κ3) is 1.60. The van der Waals surface area contributed by atoms with E-state index in [1.54, 1.807) is 24.4 Å².